The largest absolute Gasteiger partial charge is 0.481 e. The van der Waals surface area contributed by atoms with Crippen molar-refractivity contribution in [3.05, 3.63) is 29.6 Å². The molecule has 1 aliphatic rings. The molecule has 1 aromatic carbocycles. The minimum atomic E-state index is -3.69. The molecular formula is C15H19FN2O5S. The number of amides is 1. The number of carboxylic acids is 1. The summed E-state index contributed by atoms with van der Waals surface area (Å²) >= 11 is 0. The number of benzene rings is 1. The predicted octanol–water partition coefficient (Wildman–Crippen LogP) is 1.71. The zero-order valence-corrected chi connectivity index (χ0v) is 14.0. The minimum absolute atomic E-state index is 0.0548. The molecule has 3 N–H and O–H groups in total. The van der Waals surface area contributed by atoms with Crippen molar-refractivity contribution in [1.29, 1.82) is 0 Å². The summed E-state index contributed by atoms with van der Waals surface area (Å²) in [6, 6.07) is 3.30. The first kappa shape index (κ1) is 18.2. The number of hydrogen-bond donors (Lipinski definition) is 3. The second-order valence-electron chi connectivity index (χ2n) is 6.08. The van der Waals surface area contributed by atoms with Gasteiger partial charge in [-0.2, -0.15) is 0 Å². The maximum absolute atomic E-state index is 13.7. The topological polar surface area (TPSA) is 113 Å². The van der Waals surface area contributed by atoms with Crippen LogP contribution in [0.4, 0.5) is 10.1 Å². The number of halogens is 1. The molecule has 0 unspecified atom stereocenters. The van der Waals surface area contributed by atoms with Gasteiger partial charge >= 0.3 is 5.97 Å². The number of nitrogens with one attached hydrogen (secondary N) is 2. The monoisotopic (exact) mass is 358 g/mol. The van der Waals surface area contributed by atoms with Crippen LogP contribution in [0, 0.1) is 5.82 Å². The molecule has 0 spiro atoms. The van der Waals surface area contributed by atoms with Crippen LogP contribution in [0.1, 0.15) is 42.5 Å². The van der Waals surface area contributed by atoms with Crippen LogP contribution in [0.15, 0.2) is 18.2 Å². The summed E-state index contributed by atoms with van der Waals surface area (Å²) in [5, 5.41) is 11.8. The molecule has 0 aromatic heterocycles. The summed E-state index contributed by atoms with van der Waals surface area (Å²) < 4.78 is 38.2. The van der Waals surface area contributed by atoms with E-state index in [0.29, 0.717) is 12.8 Å². The lowest BCUT2D eigenvalue weighted by Gasteiger charge is -2.28. The Kier molecular flexibility index (Phi) is 5.12. The Labute approximate surface area is 139 Å². The van der Waals surface area contributed by atoms with E-state index in [1.54, 1.807) is 0 Å². The molecule has 0 aliphatic heterocycles. The summed E-state index contributed by atoms with van der Waals surface area (Å²) in [6.07, 6.45) is 3.44. The van der Waals surface area contributed by atoms with E-state index in [4.69, 9.17) is 5.11 Å². The van der Waals surface area contributed by atoms with Crippen molar-refractivity contribution in [3.8, 4) is 0 Å². The summed E-state index contributed by atoms with van der Waals surface area (Å²) in [5.74, 6) is -2.37. The van der Waals surface area contributed by atoms with E-state index < -0.39 is 33.3 Å². The normalized spacial score (nSPS) is 16.6. The lowest BCUT2D eigenvalue weighted by atomic mass is 9.92. The van der Waals surface area contributed by atoms with Crippen molar-refractivity contribution in [1.82, 2.24) is 5.32 Å². The fraction of sp³-hybridized carbons (Fsp3) is 0.467. The van der Waals surface area contributed by atoms with Crippen molar-refractivity contribution in [2.24, 2.45) is 0 Å². The SMILES string of the molecule is CS(=O)(=O)Nc1cc(C(=O)NC2(CC(=O)O)CCCC2)ccc1F. The molecule has 1 saturated carbocycles. The van der Waals surface area contributed by atoms with Gasteiger partial charge in [-0.25, -0.2) is 12.8 Å². The van der Waals surface area contributed by atoms with Crippen LogP contribution in [-0.4, -0.2) is 37.2 Å². The van der Waals surface area contributed by atoms with Gasteiger partial charge in [0.05, 0.1) is 23.9 Å². The van der Waals surface area contributed by atoms with E-state index in [-0.39, 0.29) is 17.7 Å². The molecule has 0 atom stereocenters. The minimum Gasteiger partial charge on any atom is -0.481 e. The summed E-state index contributed by atoms with van der Waals surface area (Å²) in [4.78, 5) is 23.5. The Morgan fingerprint density at radius 2 is 1.92 bits per heavy atom. The number of sulfonamides is 1. The summed E-state index contributed by atoms with van der Waals surface area (Å²) in [5.41, 5.74) is -1.09. The molecule has 0 radical (unpaired) electrons. The highest BCUT2D eigenvalue weighted by molar-refractivity contribution is 7.92. The zero-order valence-electron chi connectivity index (χ0n) is 13.1. The molecule has 1 amide bonds. The molecule has 0 bridgehead atoms. The van der Waals surface area contributed by atoms with Crippen LogP contribution in [0.5, 0.6) is 0 Å². The predicted molar refractivity (Wildman–Crippen MR) is 85.8 cm³/mol. The molecule has 7 nitrogen and oxygen atoms in total. The molecule has 1 aliphatic carbocycles. The third-order valence-electron chi connectivity index (χ3n) is 3.95. The Hall–Kier alpha value is -2.16. The number of carboxylic acid groups (broad SMARTS) is 1. The number of hydrogen-bond acceptors (Lipinski definition) is 4. The molecule has 1 aromatic rings. The second-order valence-corrected chi connectivity index (χ2v) is 7.83. The van der Waals surface area contributed by atoms with Crippen molar-refractivity contribution in [3.63, 3.8) is 0 Å². The van der Waals surface area contributed by atoms with Crippen molar-refractivity contribution < 1.29 is 27.5 Å². The van der Waals surface area contributed by atoms with Crippen LogP contribution in [-0.2, 0) is 14.8 Å². The van der Waals surface area contributed by atoms with Gasteiger partial charge in [-0.3, -0.25) is 14.3 Å². The first-order valence-corrected chi connectivity index (χ1v) is 9.31. The van der Waals surface area contributed by atoms with Gasteiger partial charge in [-0.1, -0.05) is 12.8 Å². The number of carbonyl (C=O) groups excluding carboxylic acids is 1. The highest BCUT2D eigenvalue weighted by Crippen LogP contribution is 2.33. The second kappa shape index (κ2) is 6.76. The Morgan fingerprint density at radius 3 is 2.46 bits per heavy atom. The van der Waals surface area contributed by atoms with Gasteiger partial charge in [-0.15, -0.1) is 0 Å². The van der Waals surface area contributed by atoms with E-state index in [1.807, 2.05) is 4.72 Å². The molecule has 9 heteroatoms. The van der Waals surface area contributed by atoms with E-state index in [2.05, 4.69) is 5.32 Å². The Morgan fingerprint density at radius 1 is 1.29 bits per heavy atom. The van der Waals surface area contributed by atoms with Crippen LogP contribution in [0.2, 0.25) is 0 Å². The first-order valence-electron chi connectivity index (χ1n) is 7.42. The number of aliphatic carboxylic acids is 1. The standard InChI is InChI=1S/C15H19FN2O5S/c1-24(22,23)18-12-8-10(4-5-11(12)16)14(21)17-15(9-13(19)20)6-2-3-7-15/h4-5,8,18H,2-3,6-7,9H2,1H3,(H,17,21)(H,19,20). The maximum atomic E-state index is 13.7. The van der Waals surface area contributed by atoms with Gasteiger partial charge in [-0.05, 0) is 31.0 Å². The van der Waals surface area contributed by atoms with E-state index in [0.717, 1.165) is 31.2 Å². The lowest BCUT2D eigenvalue weighted by molar-refractivity contribution is -0.138. The van der Waals surface area contributed by atoms with Gasteiger partial charge in [0.2, 0.25) is 10.0 Å². The molecule has 24 heavy (non-hydrogen) atoms. The number of rotatable bonds is 6. The van der Waals surface area contributed by atoms with Gasteiger partial charge in [0.15, 0.2) is 0 Å². The maximum Gasteiger partial charge on any atom is 0.305 e. The van der Waals surface area contributed by atoms with Crippen LogP contribution in [0.25, 0.3) is 0 Å². The fourth-order valence-electron chi connectivity index (χ4n) is 2.94. The molecule has 0 saturated heterocycles. The van der Waals surface area contributed by atoms with Gasteiger partial charge < -0.3 is 10.4 Å². The van der Waals surface area contributed by atoms with Crippen molar-refractivity contribution in [2.45, 2.75) is 37.6 Å². The average molecular weight is 358 g/mol. The van der Waals surface area contributed by atoms with Crippen LogP contribution in [0.3, 0.4) is 0 Å². The van der Waals surface area contributed by atoms with Gasteiger partial charge in [0, 0.05) is 5.56 Å². The Bertz CT molecular complexity index is 757. The van der Waals surface area contributed by atoms with Crippen molar-refractivity contribution in [2.75, 3.05) is 11.0 Å². The van der Waals surface area contributed by atoms with Gasteiger partial charge in [0.25, 0.3) is 5.91 Å². The quantitative estimate of drug-likeness (QED) is 0.717. The molecular weight excluding hydrogens is 339 g/mol. The van der Waals surface area contributed by atoms with E-state index in [1.165, 1.54) is 6.07 Å². The number of anilines is 1. The molecule has 0 heterocycles. The molecule has 132 valence electrons. The average Bonchev–Trinajstić information content (AvgIpc) is 2.86. The summed E-state index contributed by atoms with van der Waals surface area (Å²) in [7, 11) is -3.69. The van der Waals surface area contributed by atoms with Crippen LogP contribution < -0.4 is 10.0 Å². The lowest BCUT2D eigenvalue weighted by Crippen LogP contribution is -2.47. The zero-order chi connectivity index (χ0) is 18.0. The molecule has 2 rings (SSSR count). The highest BCUT2D eigenvalue weighted by atomic mass is 32.2. The smallest absolute Gasteiger partial charge is 0.305 e. The third kappa shape index (κ3) is 4.67. The summed E-state index contributed by atoms with van der Waals surface area (Å²) in [6.45, 7) is 0. The van der Waals surface area contributed by atoms with Crippen LogP contribution >= 0.6 is 0 Å². The van der Waals surface area contributed by atoms with Gasteiger partial charge in [0.1, 0.15) is 5.82 Å². The molecule has 1 fully saturated rings. The number of carbonyl (C=O) groups is 2. The fourth-order valence-corrected chi connectivity index (χ4v) is 3.50. The van der Waals surface area contributed by atoms with E-state index in [9.17, 15) is 22.4 Å². The van der Waals surface area contributed by atoms with Crippen molar-refractivity contribution >= 4 is 27.6 Å². The first-order chi connectivity index (χ1) is 11.1. The Balaban J connectivity index is 2.23. The van der Waals surface area contributed by atoms with E-state index >= 15 is 0 Å². The third-order valence-corrected chi connectivity index (χ3v) is 4.54. The highest BCUT2D eigenvalue weighted by Gasteiger charge is 2.37.